The Kier molecular flexibility index (Phi) is 6.53. The van der Waals surface area contributed by atoms with Crippen LogP contribution in [0.1, 0.15) is 34.7 Å². The van der Waals surface area contributed by atoms with Crippen LogP contribution in [-0.2, 0) is 13.6 Å². The van der Waals surface area contributed by atoms with E-state index in [1.54, 1.807) is 37.7 Å². The van der Waals surface area contributed by atoms with Crippen LogP contribution in [0.15, 0.2) is 61.2 Å². The molecule has 0 bridgehead atoms. The molecule has 0 aliphatic carbocycles. The van der Waals surface area contributed by atoms with Crippen molar-refractivity contribution < 1.29 is 9.53 Å². The number of methoxy groups -OCH3 is 1. The molecule has 0 saturated carbocycles. The second-order valence-electron chi connectivity index (χ2n) is 7.32. The topological polar surface area (TPSA) is 120 Å². The molecule has 168 valence electrons. The highest BCUT2D eigenvalue weighted by atomic mass is 16.5. The van der Waals surface area contributed by atoms with Crippen molar-refractivity contribution in [3.8, 4) is 17.4 Å². The Balaban J connectivity index is 1.42. The number of nitrogens with one attached hydrogen (secondary N) is 2. The first-order valence-electron chi connectivity index (χ1n) is 10.3. The van der Waals surface area contributed by atoms with Crippen molar-refractivity contribution in [1.29, 1.82) is 0 Å². The first-order valence-corrected chi connectivity index (χ1v) is 10.3. The molecule has 1 aromatic carbocycles. The summed E-state index contributed by atoms with van der Waals surface area (Å²) in [7, 11) is 3.44. The molecule has 3 aromatic heterocycles. The molecule has 1 amide bonds. The highest BCUT2D eigenvalue weighted by Gasteiger charge is 2.16. The summed E-state index contributed by atoms with van der Waals surface area (Å²) >= 11 is 0. The molecule has 0 saturated heterocycles. The van der Waals surface area contributed by atoms with Crippen LogP contribution >= 0.6 is 0 Å². The maximum atomic E-state index is 12.8. The Labute approximate surface area is 191 Å². The van der Waals surface area contributed by atoms with Crippen LogP contribution in [0, 0.1) is 0 Å². The lowest BCUT2D eigenvalue weighted by molar-refractivity contribution is 0.0939. The minimum atomic E-state index is -0.267. The minimum Gasteiger partial charge on any atom is -0.481 e. The Morgan fingerprint density at radius 1 is 1.12 bits per heavy atom. The van der Waals surface area contributed by atoms with Crippen LogP contribution in [-0.4, -0.2) is 42.7 Å². The van der Waals surface area contributed by atoms with Crippen molar-refractivity contribution in [3.05, 3.63) is 78.1 Å². The van der Waals surface area contributed by atoms with Gasteiger partial charge in [0.15, 0.2) is 11.6 Å². The smallest absolute Gasteiger partial charge is 0.251 e. The normalized spacial score (nSPS) is 11.6. The average Bonchev–Trinajstić information content (AvgIpc) is 3.23. The molecule has 0 fully saturated rings. The monoisotopic (exact) mass is 444 g/mol. The minimum absolute atomic E-state index is 0.193. The summed E-state index contributed by atoms with van der Waals surface area (Å²) in [5, 5.41) is 14.8. The number of rotatable bonds is 8. The van der Waals surface area contributed by atoms with Gasteiger partial charge in [0.05, 0.1) is 19.7 Å². The number of hydrogen-bond donors (Lipinski definition) is 2. The standard InChI is InChI=1S/C23H24N8O2/c1-15(18-8-5-10-25-23(18)33-3)28-22(32)16-6-4-7-17(12-16)26-13-20-29-30-21(31(20)2)19-9-11-24-14-27-19/h4-12,14-15,26H,13H2,1-3H3,(H,28,32)/t15-/m1/s1. The van der Waals surface area contributed by atoms with E-state index in [0.717, 1.165) is 17.1 Å². The summed E-state index contributed by atoms with van der Waals surface area (Å²) in [5.74, 6) is 1.69. The summed E-state index contributed by atoms with van der Waals surface area (Å²) in [6.07, 6.45) is 4.79. The van der Waals surface area contributed by atoms with E-state index in [-0.39, 0.29) is 11.9 Å². The molecule has 0 radical (unpaired) electrons. The zero-order valence-corrected chi connectivity index (χ0v) is 18.6. The molecule has 33 heavy (non-hydrogen) atoms. The van der Waals surface area contributed by atoms with E-state index in [1.165, 1.54) is 6.33 Å². The van der Waals surface area contributed by atoms with Crippen LogP contribution < -0.4 is 15.4 Å². The van der Waals surface area contributed by atoms with Crippen molar-refractivity contribution in [2.75, 3.05) is 12.4 Å². The molecule has 10 nitrogen and oxygen atoms in total. The second-order valence-corrected chi connectivity index (χ2v) is 7.32. The van der Waals surface area contributed by atoms with Crippen molar-refractivity contribution >= 4 is 11.6 Å². The van der Waals surface area contributed by atoms with E-state index < -0.39 is 0 Å². The molecule has 1 atom stereocenters. The van der Waals surface area contributed by atoms with E-state index >= 15 is 0 Å². The van der Waals surface area contributed by atoms with Gasteiger partial charge in [0.25, 0.3) is 5.91 Å². The number of aromatic nitrogens is 6. The van der Waals surface area contributed by atoms with Crippen LogP contribution in [0.25, 0.3) is 11.5 Å². The highest BCUT2D eigenvalue weighted by molar-refractivity contribution is 5.95. The Morgan fingerprint density at radius 2 is 2.00 bits per heavy atom. The maximum absolute atomic E-state index is 12.8. The first-order chi connectivity index (χ1) is 16.1. The third-order valence-electron chi connectivity index (χ3n) is 5.16. The number of nitrogens with zero attached hydrogens (tertiary/aromatic N) is 6. The third-order valence-corrected chi connectivity index (χ3v) is 5.16. The van der Waals surface area contributed by atoms with Crippen molar-refractivity contribution in [2.24, 2.45) is 7.05 Å². The Morgan fingerprint density at radius 3 is 2.79 bits per heavy atom. The molecule has 0 aliphatic heterocycles. The van der Waals surface area contributed by atoms with Gasteiger partial charge in [0.2, 0.25) is 5.88 Å². The summed E-state index contributed by atoms with van der Waals surface area (Å²) in [5.41, 5.74) is 2.84. The SMILES string of the molecule is COc1ncccc1[C@@H](C)NC(=O)c1cccc(NCc2nnc(-c3ccncn3)n2C)c1. The Hall–Kier alpha value is -4.34. The van der Waals surface area contributed by atoms with Gasteiger partial charge in [0, 0.05) is 36.3 Å². The van der Waals surface area contributed by atoms with Gasteiger partial charge in [-0.3, -0.25) is 4.79 Å². The van der Waals surface area contributed by atoms with Gasteiger partial charge in [-0.15, -0.1) is 10.2 Å². The number of pyridine rings is 1. The van der Waals surface area contributed by atoms with Crippen LogP contribution in [0.3, 0.4) is 0 Å². The Bertz CT molecular complexity index is 1240. The van der Waals surface area contributed by atoms with Crippen LogP contribution in [0.4, 0.5) is 5.69 Å². The lowest BCUT2D eigenvalue weighted by Gasteiger charge is -2.16. The van der Waals surface area contributed by atoms with E-state index in [2.05, 4.69) is 35.8 Å². The van der Waals surface area contributed by atoms with E-state index in [4.69, 9.17) is 4.74 Å². The number of hydrogen-bond acceptors (Lipinski definition) is 8. The van der Waals surface area contributed by atoms with Crippen LogP contribution in [0.2, 0.25) is 0 Å². The molecule has 4 rings (SSSR count). The molecule has 0 spiro atoms. The molecule has 3 heterocycles. The van der Waals surface area contributed by atoms with Gasteiger partial charge < -0.3 is 19.9 Å². The molecule has 2 N–H and O–H groups in total. The molecular formula is C23H24N8O2. The fourth-order valence-corrected chi connectivity index (χ4v) is 3.37. The molecular weight excluding hydrogens is 420 g/mol. The summed E-state index contributed by atoms with van der Waals surface area (Å²) in [4.78, 5) is 25.2. The van der Waals surface area contributed by atoms with Gasteiger partial charge in [-0.2, -0.15) is 0 Å². The van der Waals surface area contributed by atoms with Crippen molar-refractivity contribution in [2.45, 2.75) is 19.5 Å². The molecule has 4 aromatic rings. The summed E-state index contributed by atoms with van der Waals surface area (Å²) < 4.78 is 7.16. The zero-order chi connectivity index (χ0) is 23.2. The highest BCUT2D eigenvalue weighted by Crippen LogP contribution is 2.22. The maximum Gasteiger partial charge on any atom is 0.251 e. The van der Waals surface area contributed by atoms with Gasteiger partial charge >= 0.3 is 0 Å². The second kappa shape index (κ2) is 9.86. The fourth-order valence-electron chi connectivity index (χ4n) is 3.37. The van der Waals surface area contributed by atoms with Crippen molar-refractivity contribution in [3.63, 3.8) is 0 Å². The van der Waals surface area contributed by atoms with Crippen LogP contribution in [0.5, 0.6) is 5.88 Å². The van der Waals surface area contributed by atoms with E-state index in [0.29, 0.717) is 29.5 Å². The number of amides is 1. The zero-order valence-electron chi connectivity index (χ0n) is 18.6. The van der Waals surface area contributed by atoms with E-state index in [1.807, 2.05) is 42.8 Å². The summed E-state index contributed by atoms with van der Waals surface area (Å²) in [6, 6.07) is 12.5. The number of benzene rings is 1. The van der Waals surface area contributed by atoms with E-state index in [9.17, 15) is 4.79 Å². The predicted octanol–water partition coefficient (Wildman–Crippen LogP) is 2.78. The third kappa shape index (κ3) is 4.95. The number of anilines is 1. The molecule has 10 heteroatoms. The summed E-state index contributed by atoms with van der Waals surface area (Å²) in [6.45, 7) is 2.33. The number of carbonyl (C=O) groups excluding carboxylic acids is 1. The van der Waals surface area contributed by atoms with Gasteiger partial charge in [-0.05, 0) is 37.3 Å². The van der Waals surface area contributed by atoms with Gasteiger partial charge in [0.1, 0.15) is 12.0 Å². The largest absolute Gasteiger partial charge is 0.481 e. The fraction of sp³-hybridized carbons (Fsp3) is 0.217. The lowest BCUT2D eigenvalue weighted by atomic mass is 10.1. The first kappa shape index (κ1) is 21.9. The number of carbonyl (C=O) groups is 1. The molecule has 0 aliphatic rings. The number of ether oxygens (including phenoxy) is 1. The quantitative estimate of drug-likeness (QED) is 0.426. The van der Waals surface area contributed by atoms with Crippen molar-refractivity contribution in [1.82, 2.24) is 35.0 Å². The van der Waals surface area contributed by atoms with Gasteiger partial charge in [-0.1, -0.05) is 12.1 Å². The average molecular weight is 444 g/mol. The lowest BCUT2D eigenvalue weighted by Crippen LogP contribution is -2.27. The predicted molar refractivity (Wildman–Crippen MR) is 122 cm³/mol. The van der Waals surface area contributed by atoms with Gasteiger partial charge in [-0.25, -0.2) is 15.0 Å². The molecule has 0 unspecified atom stereocenters.